The maximum Gasteiger partial charge on any atom is 0.265 e. The number of aliphatic hydroxyl groups excluding tert-OH is 1. The normalized spacial score (nSPS) is 18.8. The van der Waals surface area contributed by atoms with Crippen LogP contribution in [0.2, 0.25) is 0 Å². The summed E-state index contributed by atoms with van der Waals surface area (Å²) in [7, 11) is 0. The molecule has 2 heterocycles. The third kappa shape index (κ3) is 3.57. The molecule has 102 valence electrons. The van der Waals surface area contributed by atoms with Crippen LogP contribution >= 0.6 is 11.3 Å². The molecule has 0 radical (unpaired) electrons. The van der Waals surface area contributed by atoms with E-state index < -0.39 is 0 Å². The molecule has 19 heavy (non-hydrogen) atoms. The summed E-state index contributed by atoms with van der Waals surface area (Å²) in [6.07, 6.45) is 0.513. The van der Waals surface area contributed by atoms with E-state index in [4.69, 9.17) is 9.84 Å². The predicted molar refractivity (Wildman–Crippen MR) is 74.2 cm³/mol. The van der Waals surface area contributed by atoms with E-state index in [1.807, 2.05) is 23.3 Å². The van der Waals surface area contributed by atoms with Gasteiger partial charge in [0.15, 0.2) is 0 Å². The zero-order valence-electron chi connectivity index (χ0n) is 10.9. The predicted octanol–water partition coefficient (Wildman–Crippen LogP) is 1.34. The van der Waals surface area contributed by atoms with Gasteiger partial charge < -0.3 is 14.7 Å². The highest BCUT2D eigenvalue weighted by molar-refractivity contribution is 7.12. The maximum atomic E-state index is 12.4. The summed E-state index contributed by atoms with van der Waals surface area (Å²) in [4.78, 5) is 14.9. The van der Waals surface area contributed by atoms with Gasteiger partial charge in [-0.1, -0.05) is 11.8 Å². The lowest BCUT2D eigenvalue weighted by molar-refractivity contribution is -0.0122. The number of aliphatic hydroxyl groups is 1. The molecule has 1 amide bonds. The standard InChI is InChI=1S/C14H17NO3S/c1-11-10-15(6-8-18-11)14(17)13-12(5-9-19-13)4-2-3-7-16/h5,9,11,16H,3,6-8,10H2,1H3. The number of nitrogens with zero attached hydrogens (tertiary/aromatic N) is 1. The molecule has 1 aliphatic heterocycles. The minimum atomic E-state index is 0.0263. The lowest BCUT2D eigenvalue weighted by Crippen LogP contribution is -2.44. The summed E-state index contributed by atoms with van der Waals surface area (Å²) in [6.45, 7) is 3.85. The van der Waals surface area contributed by atoms with Gasteiger partial charge in [-0.15, -0.1) is 11.3 Å². The fourth-order valence-corrected chi connectivity index (χ4v) is 2.75. The molecule has 4 nitrogen and oxygen atoms in total. The second-order valence-corrected chi connectivity index (χ2v) is 5.29. The molecule has 0 aliphatic carbocycles. The maximum absolute atomic E-state index is 12.4. The summed E-state index contributed by atoms with van der Waals surface area (Å²) < 4.78 is 5.44. The Labute approximate surface area is 117 Å². The average molecular weight is 279 g/mol. The Hall–Kier alpha value is -1.35. The molecule has 1 aliphatic rings. The second-order valence-electron chi connectivity index (χ2n) is 4.37. The minimum absolute atomic E-state index is 0.0263. The number of hydrogen-bond acceptors (Lipinski definition) is 4. The van der Waals surface area contributed by atoms with Crippen molar-refractivity contribution in [2.24, 2.45) is 0 Å². The zero-order chi connectivity index (χ0) is 13.7. The summed E-state index contributed by atoms with van der Waals surface area (Å²) in [5.74, 6) is 5.83. The van der Waals surface area contributed by atoms with Crippen LogP contribution in [-0.2, 0) is 4.74 Å². The molecule has 2 rings (SSSR count). The number of rotatable bonds is 2. The van der Waals surface area contributed by atoms with Crippen LogP contribution in [-0.4, -0.2) is 48.3 Å². The van der Waals surface area contributed by atoms with Crippen molar-refractivity contribution < 1.29 is 14.6 Å². The fourth-order valence-electron chi connectivity index (χ4n) is 1.93. The van der Waals surface area contributed by atoms with Crippen molar-refractivity contribution in [1.82, 2.24) is 4.90 Å². The monoisotopic (exact) mass is 279 g/mol. The summed E-state index contributed by atoms with van der Waals surface area (Å²) in [5, 5.41) is 10.6. The summed E-state index contributed by atoms with van der Waals surface area (Å²) in [6, 6.07) is 1.85. The number of carbonyl (C=O) groups is 1. The van der Waals surface area contributed by atoms with Crippen LogP contribution < -0.4 is 0 Å². The van der Waals surface area contributed by atoms with Crippen LogP contribution in [0.1, 0.15) is 28.6 Å². The van der Waals surface area contributed by atoms with Gasteiger partial charge in [0.05, 0.1) is 19.3 Å². The van der Waals surface area contributed by atoms with E-state index in [-0.39, 0.29) is 18.6 Å². The van der Waals surface area contributed by atoms with Gasteiger partial charge in [-0.3, -0.25) is 4.79 Å². The van der Waals surface area contributed by atoms with Gasteiger partial charge in [0.1, 0.15) is 4.88 Å². The third-order valence-corrected chi connectivity index (χ3v) is 3.75. The summed E-state index contributed by atoms with van der Waals surface area (Å²) >= 11 is 1.41. The molecule has 5 heteroatoms. The van der Waals surface area contributed by atoms with Crippen LogP contribution in [0, 0.1) is 11.8 Å². The molecule has 1 aromatic heterocycles. The van der Waals surface area contributed by atoms with E-state index in [0.29, 0.717) is 31.0 Å². The van der Waals surface area contributed by atoms with Gasteiger partial charge in [0.2, 0.25) is 0 Å². The fraction of sp³-hybridized carbons (Fsp3) is 0.500. The van der Waals surface area contributed by atoms with Crippen molar-refractivity contribution in [1.29, 1.82) is 0 Å². The zero-order valence-corrected chi connectivity index (χ0v) is 11.7. The molecule has 1 unspecified atom stereocenters. The lowest BCUT2D eigenvalue weighted by atomic mass is 10.2. The first-order valence-electron chi connectivity index (χ1n) is 6.30. The Morgan fingerprint density at radius 1 is 1.68 bits per heavy atom. The summed E-state index contributed by atoms with van der Waals surface area (Å²) in [5.41, 5.74) is 0.752. The number of amides is 1. The Kier molecular flexibility index (Phi) is 4.97. The molecule has 1 saturated heterocycles. The average Bonchev–Trinajstić information content (AvgIpc) is 2.86. The molecule has 0 bridgehead atoms. The minimum Gasteiger partial charge on any atom is -0.395 e. The van der Waals surface area contributed by atoms with Crippen LogP contribution in [0.4, 0.5) is 0 Å². The van der Waals surface area contributed by atoms with Crippen LogP contribution in [0.15, 0.2) is 11.4 Å². The van der Waals surface area contributed by atoms with Gasteiger partial charge in [0.25, 0.3) is 5.91 Å². The quantitative estimate of drug-likeness (QED) is 0.831. The highest BCUT2D eigenvalue weighted by Gasteiger charge is 2.24. The van der Waals surface area contributed by atoms with Crippen molar-refractivity contribution in [3.63, 3.8) is 0 Å². The Balaban J connectivity index is 2.11. The van der Waals surface area contributed by atoms with Crippen LogP contribution in [0.3, 0.4) is 0 Å². The number of hydrogen-bond donors (Lipinski definition) is 1. The van der Waals surface area contributed by atoms with Crippen molar-refractivity contribution in [2.75, 3.05) is 26.3 Å². The molecule has 0 aromatic carbocycles. The first-order chi connectivity index (χ1) is 9.22. The molecule has 1 N–H and O–H groups in total. The van der Waals surface area contributed by atoms with E-state index >= 15 is 0 Å². The van der Waals surface area contributed by atoms with Crippen molar-refractivity contribution in [2.45, 2.75) is 19.4 Å². The first-order valence-corrected chi connectivity index (χ1v) is 7.18. The van der Waals surface area contributed by atoms with Crippen molar-refractivity contribution >= 4 is 17.2 Å². The SMILES string of the molecule is CC1CN(C(=O)c2sccc2C#CCCO)CCO1. The van der Waals surface area contributed by atoms with Gasteiger partial charge in [-0.05, 0) is 18.4 Å². The van der Waals surface area contributed by atoms with E-state index in [1.165, 1.54) is 11.3 Å². The molecule has 1 aromatic rings. The Morgan fingerprint density at radius 3 is 3.26 bits per heavy atom. The van der Waals surface area contributed by atoms with E-state index in [1.54, 1.807) is 0 Å². The second kappa shape index (κ2) is 6.71. The smallest absolute Gasteiger partial charge is 0.265 e. The largest absolute Gasteiger partial charge is 0.395 e. The molecular weight excluding hydrogens is 262 g/mol. The van der Waals surface area contributed by atoms with Gasteiger partial charge in [-0.25, -0.2) is 0 Å². The number of ether oxygens (including phenoxy) is 1. The van der Waals surface area contributed by atoms with Crippen molar-refractivity contribution in [3.8, 4) is 11.8 Å². The van der Waals surface area contributed by atoms with E-state index in [0.717, 1.165) is 5.56 Å². The van der Waals surface area contributed by atoms with Crippen molar-refractivity contribution in [3.05, 3.63) is 21.9 Å². The molecule has 1 fully saturated rings. The van der Waals surface area contributed by atoms with Crippen LogP contribution in [0.25, 0.3) is 0 Å². The Morgan fingerprint density at radius 2 is 2.53 bits per heavy atom. The number of carbonyl (C=O) groups excluding carboxylic acids is 1. The first kappa shape index (κ1) is 14.1. The molecule has 1 atom stereocenters. The van der Waals surface area contributed by atoms with Gasteiger partial charge in [0, 0.05) is 25.1 Å². The third-order valence-electron chi connectivity index (χ3n) is 2.85. The lowest BCUT2D eigenvalue weighted by Gasteiger charge is -2.30. The van der Waals surface area contributed by atoms with E-state index in [9.17, 15) is 4.79 Å². The van der Waals surface area contributed by atoms with Gasteiger partial charge >= 0.3 is 0 Å². The van der Waals surface area contributed by atoms with Gasteiger partial charge in [-0.2, -0.15) is 0 Å². The number of morpholine rings is 1. The highest BCUT2D eigenvalue weighted by Crippen LogP contribution is 2.19. The number of thiophene rings is 1. The Bertz CT molecular complexity index is 500. The topological polar surface area (TPSA) is 49.8 Å². The highest BCUT2D eigenvalue weighted by atomic mass is 32.1. The van der Waals surface area contributed by atoms with E-state index in [2.05, 4.69) is 11.8 Å². The van der Waals surface area contributed by atoms with Crippen LogP contribution in [0.5, 0.6) is 0 Å². The molecule has 0 spiro atoms. The molecule has 0 saturated carbocycles. The molecular formula is C14H17NO3S.